The van der Waals surface area contributed by atoms with E-state index < -0.39 is 24.7 Å². The number of aliphatic hydroxyl groups is 1. The van der Waals surface area contributed by atoms with Gasteiger partial charge in [-0.15, -0.1) is 10.2 Å². The van der Waals surface area contributed by atoms with Crippen LogP contribution in [0.1, 0.15) is 73.2 Å². The van der Waals surface area contributed by atoms with E-state index in [-0.39, 0.29) is 13.1 Å². The Morgan fingerprint density at radius 3 is 1.83 bits per heavy atom. The molecule has 0 radical (unpaired) electrons. The highest BCUT2D eigenvalue weighted by molar-refractivity contribution is 5.07. The molecular formula is C16H28N6O. The molecule has 0 aliphatic heterocycles. The highest BCUT2D eigenvalue weighted by Crippen LogP contribution is 2.18. The molecule has 0 amide bonds. The minimum absolute atomic E-state index is 0. The van der Waals surface area contributed by atoms with Crippen molar-refractivity contribution in [3.8, 4) is 0 Å². The molecular weight excluding hydrogens is 292 g/mol. The molecule has 23 heavy (non-hydrogen) atoms. The van der Waals surface area contributed by atoms with Crippen LogP contribution in [-0.4, -0.2) is 35.5 Å². The predicted molar refractivity (Wildman–Crippen MR) is 89.8 cm³/mol. The second kappa shape index (κ2) is 8.01. The number of hydrogen-bond acceptors (Lipinski definition) is 7. The molecule has 0 saturated carbocycles. The van der Waals surface area contributed by atoms with Crippen LogP contribution in [0.2, 0.25) is 0 Å². The van der Waals surface area contributed by atoms with Gasteiger partial charge in [0.2, 0.25) is 0 Å². The van der Waals surface area contributed by atoms with Gasteiger partial charge < -0.3 is 5.11 Å². The van der Waals surface area contributed by atoms with Crippen molar-refractivity contribution in [2.45, 2.75) is 66.8 Å². The van der Waals surface area contributed by atoms with Crippen molar-refractivity contribution in [3.05, 3.63) is 35.4 Å². The van der Waals surface area contributed by atoms with Gasteiger partial charge in [0.1, 0.15) is 17.2 Å². The third kappa shape index (κ3) is 7.19. The van der Waals surface area contributed by atoms with E-state index in [4.69, 9.17) is 8.22 Å². The molecule has 0 spiro atoms. The maximum Gasteiger partial charge on any atom is 0.148 e. The quantitative estimate of drug-likeness (QED) is 0.859. The maximum atomic E-state index is 9.75. The van der Waals surface area contributed by atoms with E-state index in [9.17, 15) is 5.11 Å². The Balaban J connectivity index is 0.000000523. The number of aromatic nitrogens is 6. The number of nitrogens with zero attached hydrogens (tertiary/aromatic N) is 6. The zero-order valence-corrected chi connectivity index (χ0v) is 13.3. The summed E-state index contributed by atoms with van der Waals surface area (Å²) >= 11 is 0. The molecule has 1 atom stereocenters. The summed E-state index contributed by atoms with van der Waals surface area (Å²) in [6, 6.07) is 0. The topological polar surface area (TPSA) is 97.6 Å². The van der Waals surface area contributed by atoms with Gasteiger partial charge in [0.25, 0.3) is 0 Å². The molecule has 1 unspecified atom stereocenters. The van der Waals surface area contributed by atoms with Gasteiger partial charge in [0.05, 0.1) is 23.8 Å². The Hall–Kier alpha value is -2.02. The first-order valence-corrected chi connectivity index (χ1v) is 6.56. The fourth-order valence-electron chi connectivity index (χ4n) is 1.32. The Morgan fingerprint density at radius 2 is 1.39 bits per heavy atom. The van der Waals surface area contributed by atoms with Crippen LogP contribution in [0.25, 0.3) is 0 Å². The maximum absolute atomic E-state index is 9.75. The average Bonchev–Trinajstić information content (AvgIpc) is 2.53. The summed E-state index contributed by atoms with van der Waals surface area (Å²) in [4.78, 5) is 7.91. The third-order valence-electron chi connectivity index (χ3n) is 2.47. The molecule has 2 heterocycles. The minimum atomic E-state index is -2.53. The van der Waals surface area contributed by atoms with Gasteiger partial charge in [-0.2, -0.15) is 10.2 Å². The third-order valence-corrected chi connectivity index (χ3v) is 2.47. The normalized spacial score (nSPS) is 18.2. The molecule has 2 aromatic heterocycles. The Bertz CT molecular complexity index is 739. The van der Waals surface area contributed by atoms with Gasteiger partial charge in [0, 0.05) is 13.6 Å². The first-order chi connectivity index (χ1) is 12.5. The van der Waals surface area contributed by atoms with Crippen molar-refractivity contribution in [2.75, 3.05) is 0 Å². The molecule has 0 saturated heterocycles. The lowest BCUT2D eigenvalue weighted by Crippen LogP contribution is -2.18. The monoisotopic (exact) mass is 326 g/mol. The summed E-state index contributed by atoms with van der Waals surface area (Å²) in [5, 5.41) is 24.3. The van der Waals surface area contributed by atoms with Crippen molar-refractivity contribution in [2.24, 2.45) is 0 Å². The molecule has 1 N–H and O–H groups in total. The first-order valence-electron chi connectivity index (χ1n) is 9.56. The number of rotatable bonds is 1. The van der Waals surface area contributed by atoms with Crippen LogP contribution in [0, 0.1) is 13.8 Å². The van der Waals surface area contributed by atoms with E-state index in [1.54, 1.807) is 27.7 Å². The standard InChI is InChI=1S/C8H13N3.C7H11N3O.CH4/c1-6-10-7(5-9-11-6)8(2,3)4;1-5-9-6(4-8-10-5)7(2,3)11;/h5H,1-4H3;4,11H,1-3H3;1H4/i2*2D3;. The van der Waals surface area contributed by atoms with E-state index in [2.05, 4.69) is 30.4 Å². The molecule has 2 aromatic rings. The number of hydrogen-bond donors (Lipinski definition) is 1. The zero-order valence-electron chi connectivity index (χ0n) is 19.3. The van der Waals surface area contributed by atoms with E-state index in [0.29, 0.717) is 17.3 Å². The molecule has 0 aromatic carbocycles. The second-order valence-corrected chi connectivity index (χ2v) is 5.47. The molecule has 128 valence electrons. The average molecular weight is 326 g/mol. The SMILES string of the molecule is C.[2H]C([2H])([2H])C(C)(C)c1cnnc(C)n1.[2H]C([2H])([2H])C(C)(O)c1cnnc(C)n1. The van der Waals surface area contributed by atoms with Crippen molar-refractivity contribution >= 4 is 0 Å². The predicted octanol–water partition coefficient (Wildman–Crippen LogP) is 2.52. The zero-order chi connectivity index (χ0) is 22.0. The van der Waals surface area contributed by atoms with Crippen LogP contribution in [0.3, 0.4) is 0 Å². The summed E-state index contributed by atoms with van der Waals surface area (Å²) < 4.78 is 43.6. The van der Waals surface area contributed by atoms with Crippen LogP contribution in [0.4, 0.5) is 0 Å². The van der Waals surface area contributed by atoms with Crippen LogP contribution in [0.15, 0.2) is 12.4 Å². The van der Waals surface area contributed by atoms with Crippen LogP contribution < -0.4 is 0 Å². The van der Waals surface area contributed by atoms with Gasteiger partial charge in [-0.05, 0) is 27.6 Å². The summed E-state index contributed by atoms with van der Waals surface area (Å²) in [5.74, 6) is 0.812. The summed E-state index contributed by atoms with van der Waals surface area (Å²) in [6.45, 7) is 3.08. The van der Waals surface area contributed by atoms with E-state index >= 15 is 0 Å². The number of aryl methyl sites for hydroxylation is 2. The van der Waals surface area contributed by atoms with E-state index in [1.165, 1.54) is 13.1 Å². The Labute approximate surface area is 147 Å². The molecule has 0 fully saturated rings. The fourth-order valence-corrected chi connectivity index (χ4v) is 1.32. The summed E-state index contributed by atoms with van der Waals surface area (Å²) in [7, 11) is 0. The highest BCUT2D eigenvalue weighted by atomic mass is 16.3. The largest absolute Gasteiger partial charge is 0.384 e. The molecule has 2 rings (SSSR count). The second-order valence-electron chi connectivity index (χ2n) is 5.47. The van der Waals surface area contributed by atoms with Crippen molar-refractivity contribution in [3.63, 3.8) is 0 Å². The van der Waals surface area contributed by atoms with Crippen molar-refractivity contribution < 1.29 is 13.3 Å². The van der Waals surface area contributed by atoms with Gasteiger partial charge in [-0.3, -0.25) is 0 Å². The van der Waals surface area contributed by atoms with Crippen LogP contribution in [0.5, 0.6) is 0 Å². The van der Waals surface area contributed by atoms with E-state index in [1.807, 2.05) is 0 Å². The molecule has 0 aliphatic carbocycles. The van der Waals surface area contributed by atoms with Crippen molar-refractivity contribution in [1.82, 2.24) is 30.4 Å². The van der Waals surface area contributed by atoms with Crippen molar-refractivity contribution in [1.29, 1.82) is 0 Å². The summed E-state index contributed by atoms with van der Waals surface area (Å²) in [6.07, 6.45) is 2.55. The van der Waals surface area contributed by atoms with E-state index in [0.717, 1.165) is 6.20 Å². The summed E-state index contributed by atoms with van der Waals surface area (Å²) in [5.41, 5.74) is -2.53. The highest BCUT2D eigenvalue weighted by Gasteiger charge is 2.18. The van der Waals surface area contributed by atoms with Gasteiger partial charge in [-0.25, -0.2) is 9.97 Å². The van der Waals surface area contributed by atoms with Gasteiger partial charge in [0.15, 0.2) is 0 Å². The van der Waals surface area contributed by atoms with Crippen LogP contribution >= 0.6 is 0 Å². The Kier molecular flexibility index (Phi) is 4.32. The molecule has 0 bridgehead atoms. The lowest BCUT2D eigenvalue weighted by Gasteiger charge is -2.16. The smallest absolute Gasteiger partial charge is 0.148 e. The molecule has 7 heteroatoms. The first kappa shape index (κ1) is 12.4. The fraction of sp³-hybridized carbons (Fsp3) is 0.625. The lowest BCUT2D eigenvalue weighted by atomic mass is 9.93. The lowest BCUT2D eigenvalue weighted by molar-refractivity contribution is 0.0729. The van der Waals surface area contributed by atoms with Gasteiger partial charge >= 0.3 is 0 Å². The van der Waals surface area contributed by atoms with Gasteiger partial charge in [-0.1, -0.05) is 28.1 Å². The molecule has 7 nitrogen and oxygen atoms in total. The Morgan fingerprint density at radius 1 is 0.913 bits per heavy atom. The molecule has 0 aliphatic rings. The van der Waals surface area contributed by atoms with Crippen LogP contribution in [-0.2, 0) is 11.0 Å². The minimum Gasteiger partial charge on any atom is -0.384 e.